The van der Waals surface area contributed by atoms with E-state index in [2.05, 4.69) is 26.8 Å². The molecule has 17 heavy (non-hydrogen) atoms. The van der Waals surface area contributed by atoms with Crippen molar-refractivity contribution in [1.82, 2.24) is 14.9 Å². The smallest absolute Gasteiger partial charge is 0.204 e. The van der Waals surface area contributed by atoms with Gasteiger partial charge in [-0.1, -0.05) is 12.2 Å². The molecule has 0 spiro atoms. The lowest BCUT2D eigenvalue weighted by atomic mass is 10.3. The van der Waals surface area contributed by atoms with Gasteiger partial charge in [0.2, 0.25) is 5.95 Å². The zero-order valence-corrected chi connectivity index (χ0v) is 11.0. The van der Waals surface area contributed by atoms with Crippen LogP contribution in [0.4, 0.5) is 5.95 Å². The number of aromatic nitrogens is 2. The minimum absolute atomic E-state index is 0.700. The molecule has 4 nitrogen and oxygen atoms in total. The maximum Gasteiger partial charge on any atom is 0.204 e. The first kappa shape index (κ1) is 11.2. The van der Waals surface area contributed by atoms with Crippen molar-refractivity contribution in [1.29, 1.82) is 0 Å². The van der Waals surface area contributed by atoms with E-state index < -0.39 is 0 Å². The van der Waals surface area contributed by atoms with Crippen LogP contribution in [0.15, 0.2) is 6.07 Å². The standard InChI is InChI=1S/C12H18N4S/c1-15-4-6-16(7-5-15)12-13-10(9-2-3-9)8-11(17)14-12/h8-9H,2-7H2,1H3,(H,13,14,17). The fourth-order valence-corrected chi connectivity index (χ4v) is 2.46. The van der Waals surface area contributed by atoms with Gasteiger partial charge < -0.3 is 14.8 Å². The highest BCUT2D eigenvalue weighted by molar-refractivity contribution is 7.71. The Kier molecular flexibility index (Phi) is 2.88. The topological polar surface area (TPSA) is 35.2 Å². The van der Waals surface area contributed by atoms with E-state index in [4.69, 9.17) is 12.2 Å². The van der Waals surface area contributed by atoms with Crippen LogP contribution in [-0.2, 0) is 0 Å². The van der Waals surface area contributed by atoms with Crippen LogP contribution in [0.3, 0.4) is 0 Å². The van der Waals surface area contributed by atoms with Crippen LogP contribution >= 0.6 is 12.2 Å². The lowest BCUT2D eigenvalue weighted by Crippen LogP contribution is -2.45. The van der Waals surface area contributed by atoms with Gasteiger partial charge in [0.05, 0.1) is 0 Å². The van der Waals surface area contributed by atoms with Gasteiger partial charge in [-0.2, -0.15) is 0 Å². The van der Waals surface area contributed by atoms with E-state index in [1.807, 2.05) is 6.07 Å². The number of nitrogens with zero attached hydrogens (tertiary/aromatic N) is 3. The van der Waals surface area contributed by atoms with Crippen LogP contribution in [0.1, 0.15) is 24.5 Å². The summed E-state index contributed by atoms with van der Waals surface area (Å²) in [7, 11) is 2.16. The molecule has 3 rings (SSSR count). The average Bonchev–Trinajstić information content (AvgIpc) is 3.13. The molecule has 0 aromatic carbocycles. The van der Waals surface area contributed by atoms with Crippen molar-refractivity contribution in [3.05, 3.63) is 16.4 Å². The molecular weight excluding hydrogens is 232 g/mol. The van der Waals surface area contributed by atoms with Gasteiger partial charge in [-0.25, -0.2) is 4.98 Å². The Morgan fingerprint density at radius 3 is 2.65 bits per heavy atom. The Hall–Kier alpha value is -0.940. The first-order valence-electron chi connectivity index (χ1n) is 6.27. The van der Waals surface area contributed by atoms with Crippen molar-refractivity contribution in [3.63, 3.8) is 0 Å². The molecule has 92 valence electrons. The highest BCUT2D eigenvalue weighted by Crippen LogP contribution is 2.39. The van der Waals surface area contributed by atoms with Crippen LogP contribution in [0.25, 0.3) is 0 Å². The third-order valence-electron chi connectivity index (χ3n) is 3.57. The number of likely N-dealkylation sites (N-methyl/N-ethyl adjacent to an activating group) is 1. The average molecular weight is 250 g/mol. The summed E-state index contributed by atoms with van der Waals surface area (Å²) in [6.07, 6.45) is 2.58. The van der Waals surface area contributed by atoms with Gasteiger partial charge in [0.15, 0.2) is 0 Å². The number of nitrogens with one attached hydrogen (secondary N) is 1. The molecule has 1 saturated heterocycles. The van der Waals surface area contributed by atoms with Crippen LogP contribution < -0.4 is 4.90 Å². The predicted octanol–water partition coefficient (Wildman–Crippen LogP) is 1.77. The summed E-state index contributed by atoms with van der Waals surface area (Å²) in [5.41, 5.74) is 1.28. The van der Waals surface area contributed by atoms with Crippen molar-refractivity contribution >= 4 is 18.2 Å². The Labute approximate surface area is 107 Å². The Morgan fingerprint density at radius 2 is 2.00 bits per heavy atom. The molecule has 1 aliphatic carbocycles. The Morgan fingerprint density at radius 1 is 1.29 bits per heavy atom. The van der Waals surface area contributed by atoms with Gasteiger partial charge in [-0.3, -0.25) is 0 Å². The van der Waals surface area contributed by atoms with Crippen molar-refractivity contribution in [2.24, 2.45) is 0 Å². The maximum atomic E-state index is 5.26. The Bertz CT molecular complexity index is 458. The van der Waals surface area contributed by atoms with Crippen LogP contribution in [0.2, 0.25) is 0 Å². The minimum Gasteiger partial charge on any atom is -0.340 e. The van der Waals surface area contributed by atoms with E-state index >= 15 is 0 Å². The molecule has 0 atom stereocenters. The number of H-pyrrole nitrogens is 1. The Balaban J connectivity index is 1.84. The van der Waals surface area contributed by atoms with Crippen LogP contribution in [-0.4, -0.2) is 48.1 Å². The van der Waals surface area contributed by atoms with Crippen LogP contribution in [0.5, 0.6) is 0 Å². The van der Waals surface area contributed by atoms with Gasteiger partial charge in [-0.05, 0) is 31.9 Å². The summed E-state index contributed by atoms with van der Waals surface area (Å²) in [6.45, 7) is 4.25. The molecule has 0 bridgehead atoms. The largest absolute Gasteiger partial charge is 0.340 e. The third-order valence-corrected chi connectivity index (χ3v) is 3.78. The number of hydrogen-bond donors (Lipinski definition) is 1. The van der Waals surface area contributed by atoms with E-state index in [1.54, 1.807) is 0 Å². The molecule has 1 aliphatic heterocycles. The van der Waals surface area contributed by atoms with Crippen molar-refractivity contribution < 1.29 is 0 Å². The zero-order chi connectivity index (χ0) is 11.8. The fourth-order valence-electron chi connectivity index (χ4n) is 2.25. The molecule has 2 heterocycles. The summed E-state index contributed by atoms with van der Waals surface area (Å²) in [5.74, 6) is 1.67. The number of hydrogen-bond acceptors (Lipinski definition) is 4. The summed E-state index contributed by atoms with van der Waals surface area (Å²) < 4.78 is 0.722. The molecule has 1 N–H and O–H groups in total. The lowest BCUT2D eigenvalue weighted by Gasteiger charge is -2.32. The molecule has 1 aromatic heterocycles. The van der Waals surface area contributed by atoms with E-state index in [9.17, 15) is 0 Å². The number of rotatable bonds is 2. The van der Waals surface area contributed by atoms with E-state index in [-0.39, 0.29) is 0 Å². The second kappa shape index (κ2) is 4.38. The molecule has 1 saturated carbocycles. The molecule has 0 unspecified atom stereocenters. The van der Waals surface area contributed by atoms with E-state index in [0.717, 1.165) is 36.8 Å². The highest BCUT2D eigenvalue weighted by atomic mass is 32.1. The van der Waals surface area contributed by atoms with Gasteiger partial charge >= 0.3 is 0 Å². The number of anilines is 1. The first-order valence-corrected chi connectivity index (χ1v) is 6.68. The third kappa shape index (κ3) is 2.50. The van der Waals surface area contributed by atoms with Crippen LogP contribution in [0, 0.1) is 4.64 Å². The van der Waals surface area contributed by atoms with Gasteiger partial charge in [0.25, 0.3) is 0 Å². The number of aromatic amines is 1. The molecule has 0 radical (unpaired) electrons. The summed E-state index contributed by atoms with van der Waals surface area (Å²) in [6, 6.07) is 2.02. The zero-order valence-electron chi connectivity index (χ0n) is 10.1. The summed E-state index contributed by atoms with van der Waals surface area (Å²) in [4.78, 5) is 12.6. The second-order valence-electron chi connectivity index (χ2n) is 5.06. The SMILES string of the molecule is CN1CCN(c2nc(=S)cc(C3CC3)[nH]2)CC1. The van der Waals surface area contributed by atoms with Crippen molar-refractivity contribution in [2.45, 2.75) is 18.8 Å². The number of piperazine rings is 1. The normalized spacial score (nSPS) is 21.8. The van der Waals surface area contributed by atoms with Gasteiger partial charge in [0.1, 0.15) is 4.64 Å². The maximum absolute atomic E-state index is 5.26. The second-order valence-corrected chi connectivity index (χ2v) is 5.48. The lowest BCUT2D eigenvalue weighted by molar-refractivity contribution is 0.311. The summed E-state index contributed by atoms with van der Waals surface area (Å²) >= 11 is 5.26. The minimum atomic E-state index is 0.700. The monoisotopic (exact) mass is 250 g/mol. The van der Waals surface area contributed by atoms with E-state index in [0.29, 0.717) is 5.92 Å². The fraction of sp³-hybridized carbons (Fsp3) is 0.667. The first-order chi connectivity index (χ1) is 8.22. The molecule has 2 aliphatic rings. The quantitative estimate of drug-likeness (QED) is 0.811. The van der Waals surface area contributed by atoms with Gasteiger partial charge in [-0.15, -0.1) is 0 Å². The van der Waals surface area contributed by atoms with E-state index in [1.165, 1.54) is 18.5 Å². The highest BCUT2D eigenvalue weighted by Gasteiger charge is 2.25. The molecule has 1 aromatic rings. The molecule has 2 fully saturated rings. The van der Waals surface area contributed by atoms with Crippen molar-refractivity contribution in [3.8, 4) is 0 Å². The van der Waals surface area contributed by atoms with Crippen molar-refractivity contribution in [2.75, 3.05) is 38.1 Å². The summed E-state index contributed by atoms with van der Waals surface area (Å²) in [5, 5.41) is 0. The molecule has 0 amide bonds. The predicted molar refractivity (Wildman–Crippen MR) is 71.1 cm³/mol. The molecular formula is C12H18N4S. The molecule has 5 heteroatoms. The van der Waals surface area contributed by atoms with Gasteiger partial charge in [0, 0.05) is 31.9 Å².